The van der Waals surface area contributed by atoms with Crippen LogP contribution in [0.4, 0.5) is 15.3 Å². The SMILES string of the molecule is CN(C)C(=O)N(C)C(=O)Nc1ccc(Cl)cc1. The van der Waals surface area contributed by atoms with Crippen LogP contribution in [0.15, 0.2) is 24.3 Å². The van der Waals surface area contributed by atoms with Crippen molar-refractivity contribution in [1.82, 2.24) is 9.80 Å². The zero-order valence-electron chi connectivity index (χ0n) is 9.90. The standard InChI is InChI=1S/C11H14ClN3O2/c1-14(2)11(17)15(3)10(16)13-9-6-4-8(12)5-7-9/h4-7H,1-3H3,(H,13,16). The fourth-order valence-corrected chi connectivity index (χ4v) is 1.25. The highest BCUT2D eigenvalue weighted by molar-refractivity contribution is 6.30. The van der Waals surface area contributed by atoms with Crippen molar-refractivity contribution in [3.05, 3.63) is 29.3 Å². The quantitative estimate of drug-likeness (QED) is 0.838. The summed E-state index contributed by atoms with van der Waals surface area (Å²) in [6.07, 6.45) is 0. The Bertz CT molecular complexity index is 417. The molecular formula is C11H14ClN3O2. The number of rotatable bonds is 1. The van der Waals surface area contributed by atoms with E-state index in [1.807, 2.05) is 0 Å². The molecule has 0 atom stereocenters. The Morgan fingerprint density at radius 2 is 1.65 bits per heavy atom. The lowest BCUT2D eigenvalue weighted by Crippen LogP contribution is -2.42. The smallest absolute Gasteiger partial charge is 0.329 e. The number of nitrogens with one attached hydrogen (secondary N) is 1. The minimum Gasteiger partial charge on any atom is -0.330 e. The lowest BCUT2D eigenvalue weighted by molar-refractivity contribution is 0.182. The van der Waals surface area contributed by atoms with Crippen molar-refractivity contribution in [3.8, 4) is 0 Å². The van der Waals surface area contributed by atoms with E-state index in [2.05, 4.69) is 5.32 Å². The van der Waals surface area contributed by atoms with Crippen molar-refractivity contribution in [2.24, 2.45) is 0 Å². The fraction of sp³-hybridized carbons (Fsp3) is 0.273. The molecule has 0 aliphatic rings. The Morgan fingerprint density at radius 1 is 1.12 bits per heavy atom. The Kier molecular flexibility index (Phi) is 4.34. The molecule has 1 aromatic carbocycles. The Balaban J connectivity index is 2.66. The second-order valence-electron chi connectivity index (χ2n) is 3.67. The molecule has 0 unspecified atom stereocenters. The van der Waals surface area contributed by atoms with Crippen molar-refractivity contribution in [3.63, 3.8) is 0 Å². The van der Waals surface area contributed by atoms with Gasteiger partial charge in [-0.05, 0) is 24.3 Å². The second-order valence-corrected chi connectivity index (χ2v) is 4.11. The lowest BCUT2D eigenvalue weighted by atomic mass is 10.3. The van der Waals surface area contributed by atoms with Crippen LogP contribution in [0.2, 0.25) is 5.02 Å². The van der Waals surface area contributed by atoms with E-state index in [0.717, 1.165) is 4.90 Å². The molecule has 0 spiro atoms. The molecule has 0 saturated carbocycles. The number of hydrogen-bond donors (Lipinski definition) is 1. The van der Waals surface area contributed by atoms with Gasteiger partial charge in [0.2, 0.25) is 0 Å². The average molecular weight is 256 g/mol. The number of urea groups is 2. The highest BCUT2D eigenvalue weighted by atomic mass is 35.5. The van der Waals surface area contributed by atoms with Gasteiger partial charge in [-0.15, -0.1) is 0 Å². The van der Waals surface area contributed by atoms with E-state index in [4.69, 9.17) is 11.6 Å². The molecule has 0 fully saturated rings. The molecule has 0 aromatic heterocycles. The zero-order chi connectivity index (χ0) is 13.0. The molecule has 0 heterocycles. The third-order valence-corrected chi connectivity index (χ3v) is 2.32. The lowest BCUT2D eigenvalue weighted by Gasteiger charge is -2.20. The van der Waals surface area contributed by atoms with Gasteiger partial charge in [-0.25, -0.2) is 14.5 Å². The highest BCUT2D eigenvalue weighted by Gasteiger charge is 2.18. The number of carbonyl (C=O) groups excluding carboxylic acids is 2. The maximum atomic E-state index is 11.7. The van der Waals surface area contributed by atoms with Gasteiger partial charge in [0.25, 0.3) is 0 Å². The van der Waals surface area contributed by atoms with E-state index >= 15 is 0 Å². The number of hydrogen-bond acceptors (Lipinski definition) is 2. The van der Waals surface area contributed by atoms with Gasteiger partial charge < -0.3 is 10.2 Å². The number of anilines is 1. The van der Waals surface area contributed by atoms with Crippen LogP contribution in [0.25, 0.3) is 0 Å². The van der Waals surface area contributed by atoms with E-state index in [1.165, 1.54) is 11.9 Å². The van der Waals surface area contributed by atoms with Gasteiger partial charge in [-0.2, -0.15) is 0 Å². The van der Waals surface area contributed by atoms with Gasteiger partial charge in [0.1, 0.15) is 0 Å². The molecule has 17 heavy (non-hydrogen) atoms. The van der Waals surface area contributed by atoms with Crippen LogP contribution in [-0.4, -0.2) is 43.0 Å². The number of imide groups is 1. The maximum absolute atomic E-state index is 11.7. The van der Waals surface area contributed by atoms with Crippen LogP contribution in [0.3, 0.4) is 0 Å². The molecule has 1 rings (SSSR count). The first-order chi connectivity index (χ1) is 7.91. The van der Waals surface area contributed by atoms with Crippen LogP contribution in [0.5, 0.6) is 0 Å². The van der Waals surface area contributed by atoms with Crippen molar-refractivity contribution in [2.45, 2.75) is 0 Å². The third-order valence-electron chi connectivity index (χ3n) is 2.07. The molecule has 1 N–H and O–H groups in total. The first-order valence-corrected chi connectivity index (χ1v) is 5.31. The molecule has 92 valence electrons. The molecule has 1 aromatic rings. The van der Waals surface area contributed by atoms with Crippen LogP contribution < -0.4 is 5.32 Å². The first kappa shape index (κ1) is 13.3. The summed E-state index contributed by atoms with van der Waals surface area (Å²) in [6.45, 7) is 0. The summed E-state index contributed by atoms with van der Waals surface area (Å²) < 4.78 is 0. The zero-order valence-corrected chi connectivity index (χ0v) is 10.7. The molecule has 0 saturated heterocycles. The summed E-state index contributed by atoms with van der Waals surface area (Å²) in [5.41, 5.74) is 0.581. The maximum Gasteiger partial charge on any atom is 0.329 e. The van der Waals surface area contributed by atoms with Crippen molar-refractivity contribution < 1.29 is 9.59 Å². The van der Waals surface area contributed by atoms with Gasteiger partial charge in [0, 0.05) is 31.9 Å². The molecule has 0 aliphatic carbocycles. The number of nitrogens with zero attached hydrogens (tertiary/aromatic N) is 2. The Hall–Kier alpha value is -1.75. The van der Waals surface area contributed by atoms with Crippen LogP contribution in [0, 0.1) is 0 Å². The van der Waals surface area contributed by atoms with Crippen LogP contribution >= 0.6 is 11.6 Å². The van der Waals surface area contributed by atoms with Gasteiger partial charge in [-0.1, -0.05) is 11.6 Å². The number of halogens is 1. The molecular weight excluding hydrogens is 242 g/mol. The summed E-state index contributed by atoms with van der Waals surface area (Å²) in [6, 6.07) is 5.75. The molecule has 6 heteroatoms. The van der Waals surface area contributed by atoms with E-state index in [0.29, 0.717) is 10.7 Å². The van der Waals surface area contributed by atoms with Crippen molar-refractivity contribution in [1.29, 1.82) is 0 Å². The summed E-state index contributed by atoms with van der Waals surface area (Å²) in [7, 11) is 4.57. The van der Waals surface area contributed by atoms with E-state index in [-0.39, 0.29) is 0 Å². The fourth-order valence-electron chi connectivity index (χ4n) is 1.13. The average Bonchev–Trinajstić information content (AvgIpc) is 2.30. The Labute approximate surface area is 105 Å². The van der Waals surface area contributed by atoms with E-state index < -0.39 is 12.1 Å². The van der Waals surface area contributed by atoms with E-state index in [1.54, 1.807) is 38.4 Å². The summed E-state index contributed by atoms with van der Waals surface area (Å²) in [5, 5.41) is 3.17. The Morgan fingerprint density at radius 3 is 2.12 bits per heavy atom. The predicted octanol–water partition coefficient (Wildman–Crippen LogP) is 2.49. The van der Waals surface area contributed by atoms with Crippen molar-refractivity contribution >= 4 is 29.4 Å². The van der Waals surface area contributed by atoms with Gasteiger partial charge in [-0.3, -0.25) is 0 Å². The minimum absolute atomic E-state index is 0.392. The van der Waals surface area contributed by atoms with Gasteiger partial charge >= 0.3 is 12.1 Å². The molecule has 0 bridgehead atoms. The highest BCUT2D eigenvalue weighted by Crippen LogP contribution is 2.13. The second kappa shape index (κ2) is 5.54. The topological polar surface area (TPSA) is 52.7 Å². The molecule has 4 amide bonds. The number of carbonyl (C=O) groups is 2. The third kappa shape index (κ3) is 3.64. The number of amides is 4. The largest absolute Gasteiger partial charge is 0.330 e. The normalized spacial score (nSPS) is 9.65. The van der Waals surface area contributed by atoms with Crippen LogP contribution in [0.1, 0.15) is 0 Å². The molecule has 5 nitrogen and oxygen atoms in total. The minimum atomic E-state index is -0.494. The molecule has 0 aliphatic heterocycles. The molecule has 0 radical (unpaired) electrons. The monoisotopic (exact) mass is 255 g/mol. The van der Waals surface area contributed by atoms with Crippen molar-refractivity contribution in [2.75, 3.05) is 26.5 Å². The summed E-state index contributed by atoms with van der Waals surface area (Å²) in [5.74, 6) is 0. The van der Waals surface area contributed by atoms with Crippen LogP contribution in [-0.2, 0) is 0 Å². The summed E-state index contributed by atoms with van der Waals surface area (Å²) >= 11 is 5.72. The van der Waals surface area contributed by atoms with E-state index in [9.17, 15) is 9.59 Å². The van der Waals surface area contributed by atoms with Gasteiger partial charge in [0.05, 0.1) is 0 Å². The summed E-state index contributed by atoms with van der Waals surface area (Å²) in [4.78, 5) is 25.5. The first-order valence-electron chi connectivity index (χ1n) is 4.93. The predicted molar refractivity (Wildman–Crippen MR) is 67.3 cm³/mol. The number of benzene rings is 1. The van der Waals surface area contributed by atoms with Gasteiger partial charge in [0.15, 0.2) is 0 Å².